The minimum absolute atomic E-state index is 0.504. The monoisotopic (exact) mass is 285 g/mol. The molecule has 0 amide bonds. The molecule has 0 bridgehead atoms. The first-order valence-electron chi connectivity index (χ1n) is 7.64. The van der Waals surface area contributed by atoms with Crippen molar-refractivity contribution >= 4 is 0 Å². The van der Waals surface area contributed by atoms with E-state index in [-0.39, 0.29) is 0 Å². The van der Waals surface area contributed by atoms with E-state index in [0.29, 0.717) is 12.0 Å². The van der Waals surface area contributed by atoms with E-state index in [2.05, 4.69) is 44.7 Å². The lowest BCUT2D eigenvalue weighted by atomic mass is 10.0. The molecular weight excluding hydrogens is 262 g/mol. The second-order valence-corrected chi connectivity index (χ2v) is 6.21. The lowest BCUT2D eigenvalue weighted by Crippen LogP contribution is -2.28. The van der Waals surface area contributed by atoms with Crippen molar-refractivity contribution in [3.8, 4) is 11.5 Å². The summed E-state index contributed by atoms with van der Waals surface area (Å²) in [6.07, 6.45) is 3.01. The molecule has 1 saturated heterocycles. The summed E-state index contributed by atoms with van der Waals surface area (Å²) in [5, 5.41) is 0. The van der Waals surface area contributed by atoms with Gasteiger partial charge in [0, 0.05) is 36.1 Å². The van der Waals surface area contributed by atoms with Crippen LogP contribution in [0.5, 0.6) is 0 Å². The summed E-state index contributed by atoms with van der Waals surface area (Å²) in [6, 6.07) is 2.70. The molecule has 3 heterocycles. The molecule has 1 fully saturated rings. The molecule has 112 valence electrons. The average Bonchev–Trinajstić information content (AvgIpc) is 3.06. The Kier molecular flexibility index (Phi) is 3.76. The van der Waals surface area contributed by atoms with Crippen LogP contribution >= 0.6 is 0 Å². The van der Waals surface area contributed by atoms with Crippen molar-refractivity contribution in [3.05, 3.63) is 29.5 Å². The molecule has 5 heteroatoms. The molecule has 3 rings (SSSR count). The van der Waals surface area contributed by atoms with Crippen LogP contribution in [0.25, 0.3) is 11.5 Å². The lowest BCUT2D eigenvalue weighted by Gasteiger charge is -2.20. The number of aromatic nitrogens is 4. The average molecular weight is 285 g/mol. The van der Waals surface area contributed by atoms with Gasteiger partial charge in [0.2, 0.25) is 0 Å². The molecule has 0 spiro atoms. The summed E-state index contributed by atoms with van der Waals surface area (Å²) in [7, 11) is 0. The highest BCUT2D eigenvalue weighted by atomic mass is 15.2. The zero-order valence-electron chi connectivity index (χ0n) is 13.2. The Labute approximate surface area is 125 Å². The minimum Gasteiger partial charge on any atom is -0.341 e. The minimum atomic E-state index is 0.504. The van der Waals surface area contributed by atoms with E-state index >= 15 is 0 Å². The van der Waals surface area contributed by atoms with Crippen LogP contribution in [0.4, 0.5) is 0 Å². The number of nitrogens with zero attached hydrogens (tertiary/aromatic N) is 4. The number of imidazole rings is 1. The smallest absolute Gasteiger partial charge is 0.156 e. The maximum atomic E-state index is 4.66. The molecule has 0 radical (unpaired) electrons. The third kappa shape index (κ3) is 2.97. The molecule has 0 aliphatic carbocycles. The Morgan fingerprint density at radius 3 is 2.71 bits per heavy atom. The number of H-pyrrole nitrogens is 1. The molecule has 1 aliphatic heterocycles. The lowest BCUT2D eigenvalue weighted by molar-refractivity contribution is 0.272. The number of aromatic amines is 1. The summed E-state index contributed by atoms with van der Waals surface area (Å²) >= 11 is 0. The third-order valence-corrected chi connectivity index (χ3v) is 4.17. The SMILES string of the molecule is Cc1nc(-c2ncc(C)[nH]2)cc([C@@H]2CCN(C(C)C)C2)n1. The second kappa shape index (κ2) is 5.56. The zero-order chi connectivity index (χ0) is 15.0. The predicted molar refractivity (Wildman–Crippen MR) is 83.2 cm³/mol. The van der Waals surface area contributed by atoms with Crippen molar-refractivity contribution in [2.45, 2.75) is 46.1 Å². The van der Waals surface area contributed by atoms with E-state index < -0.39 is 0 Å². The van der Waals surface area contributed by atoms with Crippen molar-refractivity contribution in [2.24, 2.45) is 0 Å². The van der Waals surface area contributed by atoms with Gasteiger partial charge in [-0.1, -0.05) is 0 Å². The predicted octanol–water partition coefficient (Wildman–Crippen LogP) is 2.68. The van der Waals surface area contributed by atoms with Gasteiger partial charge in [-0.05, 0) is 46.7 Å². The van der Waals surface area contributed by atoms with Gasteiger partial charge in [-0.3, -0.25) is 0 Å². The van der Waals surface area contributed by atoms with Crippen LogP contribution in [0.1, 0.15) is 43.4 Å². The van der Waals surface area contributed by atoms with Gasteiger partial charge in [-0.25, -0.2) is 15.0 Å². The number of aryl methyl sites for hydroxylation is 2. The van der Waals surface area contributed by atoms with Crippen LogP contribution in [-0.4, -0.2) is 44.0 Å². The van der Waals surface area contributed by atoms with Crippen LogP contribution in [0.2, 0.25) is 0 Å². The largest absolute Gasteiger partial charge is 0.341 e. The quantitative estimate of drug-likeness (QED) is 0.942. The van der Waals surface area contributed by atoms with Gasteiger partial charge >= 0.3 is 0 Å². The fourth-order valence-electron chi connectivity index (χ4n) is 2.96. The maximum absolute atomic E-state index is 4.66. The van der Waals surface area contributed by atoms with Crippen molar-refractivity contribution in [1.82, 2.24) is 24.8 Å². The normalized spacial score (nSPS) is 19.6. The molecule has 1 aliphatic rings. The Balaban J connectivity index is 1.88. The highest BCUT2D eigenvalue weighted by Gasteiger charge is 2.27. The van der Waals surface area contributed by atoms with E-state index in [4.69, 9.17) is 0 Å². The molecule has 2 aromatic rings. The summed E-state index contributed by atoms with van der Waals surface area (Å²) < 4.78 is 0. The highest BCUT2D eigenvalue weighted by molar-refractivity contribution is 5.50. The number of hydrogen-bond acceptors (Lipinski definition) is 4. The molecule has 21 heavy (non-hydrogen) atoms. The Hall–Kier alpha value is -1.75. The molecule has 1 atom stereocenters. The van der Waals surface area contributed by atoms with Crippen LogP contribution in [0.15, 0.2) is 12.3 Å². The number of likely N-dealkylation sites (tertiary alicyclic amines) is 1. The van der Waals surface area contributed by atoms with Gasteiger partial charge in [0.15, 0.2) is 5.82 Å². The van der Waals surface area contributed by atoms with Crippen LogP contribution in [0.3, 0.4) is 0 Å². The summed E-state index contributed by atoms with van der Waals surface area (Å²) in [4.78, 5) is 19.3. The second-order valence-electron chi connectivity index (χ2n) is 6.21. The standard InChI is InChI=1S/C16H23N5/c1-10(2)21-6-5-13(9-21)14-7-15(20-12(4)19-14)16-17-8-11(3)18-16/h7-8,10,13H,5-6,9H2,1-4H3,(H,17,18)/t13-/m1/s1. The van der Waals surface area contributed by atoms with Crippen molar-refractivity contribution in [1.29, 1.82) is 0 Å². The van der Waals surface area contributed by atoms with E-state index in [1.807, 2.05) is 20.0 Å². The summed E-state index contributed by atoms with van der Waals surface area (Å²) in [5.74, 6) is 2.15. The molecule has 1 N–H and O–H groups in total. The van der Waals surface area contributed by atoms with Crippen molar-refractivity contribution in [2.75, 3.05) is 13.1 Å². The zero-order valence-corrected chi connectivity index (χ0v) is 13.2. The molecule has 5 nitrogen and oxygen atoms in total. The summed E-state index contributed by atoms with van der Waals surface area (Å²) in [5.41, 5.74) is 3.10. The Bertz CT molecular complexity index is 631. The first kappa shape index (κ1) is 14.2. The molecule has 2 aromatic heterocycles. The van der Waals surface area contributed by atoms with Crippen LogP contribution in [0, 0.1) is 13.8 Å². The van der Waals surface area contributed by atoms with Gasteiger partial charge in [-0.15, -0.1) is 0 Å². The number of rotatable bonds is 3. The first-order chi connectivity index (χ1) is 10.0. The van der Waals surface area contributed by atoms with Gasteiger partial charge in [-0.2, -0.15) is 0 Å². The van der Waals surface area contributed by atoms with Gasteiger partial charge in [0.25, 0.3) is 0 Å². The number of hydrogen-bond donors (Lipinski definition) is 1. The van der Waals surface area contributed by atoms with Gasteiger partial charge in [0.05, 0.1) is 0 Å². The van der Waals surface area contributed by atoms with Crippen molar-refractivity contribution in [3.63, 3.8) is 0 Å². The number of nitrogens with one attached hydrogen (secondary N) is 1. The van der Waals surface area contributed by atoms with E-state index in [0.717, 1.165) is 41.8 Å². The maximum Gasteiger partial charge on any atom is 0.156 e. The molecule has 0 aromatic carbocycles. The van der Waals surface area contributed by atoms with E-state index in [1.165, 1.54) is 6.42 Å². The fraction of sp³-hybridized carbons (Fsp3) is 0.562. The van der Waals surface area contributed by atoms with Crippen LogP contribution in [-0.2, 0) is 0 Å². The highest BCUT2D eigenvalue weighted by Crippen LogP contribution is 2.28. The molecule has 0 saturated carbocycles. The van der Waals surface area contributed by atoms with Crippen molar-refractivity contribution < 1.29 is 0 Å². The van der Waals surface area contributed by atoms with Gasteiger partial charge in [0.1, 0.15) is 11.5 Å². The Morgan fingerprint density at radius 2 is 2.10 bits per heavy atom. The first-order valence-corrected chi connectivity index (χ1v) is 7.64. The van der Waals surface area contributed by atoms with E-state index in [9.17, 15) is 0 Å². The Morgan fingerprint density at radius 1 is 1.29 bits per heavy atom. The topological polar surface area (TPSA) is 57.7 Å². The van der Waals surface area contributed by atoms with Gasteiger partial charge < -0.3 is 9.88 Å². The van der Waals surface area contributed by atoms with E-state index in [1.54, 1.807) is 0 Å². The summed E-state index contributed by atoms with van der Waals surface area (Å²) in [6.45, 7) is 10.7. The third-order valence-electron chi connectivity index (χ3n) is 4.17. The molecular formula is C16H23N5. The fourth-order valence-corrected chi connectivity index (χ4v) is 2.96. The molecule has 0 unspecified atom stereocenters. The van der Waals surface area contributed by atoms with Crippen LogP contribution < -0.4 is 0 Å².